The average molecular weight is 309 g/mol. The van der Waals surface area contributed by atoms with Crippen LogP contribution >= 0.6 is 22.3 Å². The van der Waals surface area contributed by atoms with E-state index in [1.54, 1.807) is 12.1 Å². The fourth-order valence-corrected chi connectivity index (χ4v) is 3.36. The van der Waals surface area contributed by atoms with Crippen LogP contribution in [0.4, 0.5) is 5.82 Å². The first-order valence-corrected chi connectivity index (χ1v) is 8.05. The molecule has 0 aliphatic carbocycles. The first-order valence-electron chi connectivity index (χ1n) is 5.19. The van der Waals surface area contributed by atoms with E-state index in [2.05, 4.69) is 4.98 Å². The maximum atomic E-state index is 11.8. The van der Waals surface area contributed by atoms with Crippen molar-refractivity contribution in [1.29, 1.82) is 0 Å². The molecule has 1 aliphatic rings. The second-order valence-electron chi connectivity index (χ2n) is 4.11. The molecular formula is C10H10Cl2N2O3S. The highest BCUT2D eigenvalue weighted by Gasteiger charge is 2.33. The van der Waals surface area contributed by atoms with Crippen LogP contribution in [0.1, 0.15) is 6.42 Å². The van der Waals surface area contributed by atoms with Crippen LogP contribution in [0.5, 0.6) is 0 Å². The Kier molecular flexibility index (Phi) is 3.79. The molecule has 0 radical (unpaired) electrons. The maximum Gasteiger partial charge on any atom is 0.232 e. The summed E-state index contributed by atoms with van der Waals surface area (Å²) in [5.74, 6) is -0.184. The SMILES string of the molecule is O=C1CC(CS(=O)(=O)Cl)CN1c1ccc(Cl)cn1. The largest absolute Gasteiger partial charge is 0.296 e. The summed E-state index contributed by atoms with van der Waals surface area (Å²) in [7, 11) is 1.59. The molecule has 0 N–H and O–H groups in total. The van der Waals surface area contributed by atoms with Crippen LogP contribution in [-0.4, -0.2) is 31.6 Å². The van der Waals surface area contributed by atoms with Crippen LogP contribution in [-0.2, 0) is 13.8 Å². The minimum Gasteiger partial charge on any atom is -0.296 e. The van der Waals surface area contributed by atoms with E-state index >= 15 is 0 Å². The Bertz CT molecular complexity index is 559. The molecule has 2 rings (SSSR count). The minimum atomic E-state index is -3.59. The first kappa shape index (κ1) is 13.6. The summed E-state index contributed by atoms with van der Waals surface area (Å²) in [5, 5.41) is 0.477. The van der Waals surface area contributed by atoms with Crippen LogP contribution in [0.15, 0.2) is 18.3 Å². The summed E-state index contributed by atoms with van der Waals surface area (Å²) in [6.45, 7) is 0.305. The number of pyridine rings is 1. The molecule has 2 heterocycles. The smallest absolute Gasteiger partial charge is 0.232 e. The van der Waals surface area contributed by atoms with Crippen LogP contribution in [0.3, 0.4) is 0 Å². The highest BCUT2D eigenvalue weighted by atomic mass is 35.7. The predicted octanol–water partition coefficient (Wildman–Crippen LogP) is 1.66. The van der Waals surface area contributed by atoms with E-state index in [1.165, 1.54) is 11.1 Å². The molecule has 1 aromatic rings. The summed E-state index contributed by atoms with van der Waals surface area (Å²) in [5.41, 5.74) is 0. The Morgan fingerprint density at radius 1 is 1.44 bits per heavy atom. The van der Waals surface area contributed by atoms with Crippen molar-refractivity contribution in [2.75, 3.05) is 17.2 Å². The normalized spacial score (nSPS) is 20.4. The molecule has 1 saturated heterocycles. The molecule has 1 unspecified atom stereocenters. The van der Waals surface area contributed by atoms with Crippen LogP contribution in [0.25, 0.3) is 0 Å². The number of carbonyl (C=O) groups excluding carboxylic acids is 1. The predicted molar refractivity (Wildman–Crippen MR) is 69.3 cm³/mol. The summed E-state index contributed by atoms with van der Waals surface area (Å²) in [4.78, 5) is 17.3. The number of anilines is 1. The van der Waals surface area contributed by atoms with Crippen LogP contribution in [0.2, 0.25) is 5.02 Å². The van der Waals surface area contributed by atoms with Gasteiger partial charge in [0.15, 0.2) is 0 Å². The number of carbonyl (C=O) groups is 1. The van der Waals surface area contributed by atoms with Gasteiger partial charge in [0.1, 0.15) is 5.82 Å². The van der Waals surface area contributed by atoms with Gasteiger partial charge in [0.25, 0.3) is 0 Å². The zero-order valence-electron chi connectivity index (χ0n) is 9.21. The van der Waals surface area contributed by atoms with E-state index in [0.29, 0.717) is 17.4 Å². The van der Waals surface area contributed by atoms with Crippen molar-refractivity contribution in [2.45, 2.75) is 6.42 Å². The van der Waals surface area contributed by atoms with Gasteiger partial charge in [-0.2, -0.15) is 0 Å². The molecule has 0 bridgehead atoms. The highest BCUT2D eigenvalue weighted by Crippen LogP contribution is 2.25. The first-order chi connectivity index (χ1) is 8.35. The fourth-order valence-electron chi connectivity index (χ4n) is 1.92. The summed E-state index contributed by atoms with van der Waals surface area (Å²) < 4.78 is 22.0. The number of hydrogen-bond acceptors (Lipinski definition) is 4. The number of hydrogen-bond donors (Lipinski definition) is 0. The van der Waals surface area contributed by atoms with Crippen molar-refractivity contribution in [3.05, 3.63) is 23.4 Å². The van der Waals surface area contributed by atoms with Crippen molar-refractivity contribution >= 4 is 43.1 Å². The van der Waals surface area contributed by atoms with Crippen molar-refractivity contribution in [3.63, 3.8) is 0 Å². The molecule has 1 aliphatic heterocycles. The van der Waals surface area contributed by atoms with Gasteiger partial charge in [-0.05, 0) is 12.1 Å². The second-order valence-corrected chi connectivity index (χ2v) is 7.37. The Labute approximate surface area is 114 Å². The molecule has 0 spiro atoms. The van der Waals surface area contributed by atoms with E-state index in [0.717, 1.165) is 0 Å². The van der Waals surface area contributed by atoms with Crippen LogP contribution < -0.4 is 4.90 Å². The number of amides is 1. The summed E-state index contributed by atoms with van der Waals surface area (Å²) in [6.07, 6.45) is 1.60. The lowest BCUT2D eigenvalue weighted by atomic mass is 10.1. The Balaban J connectivity index is 2.12. The van der Waals surface area contributed by atoms with E-state index in [1.807, 2.05) is 0 Å². The molecule has 18 heavy (non-hydrogen) atoms. The molecule has 0 saturated carbocycles. The maximum absolute atomic E-state index is 11.8. The monoisotopic (exact) mass is 308 g/mol. The van der Waals surface area contributed by atoms with Gasteiger partial charge in [0.05, 0.1) is 10.8 Å². The van der Waals surface area contributed by atoms with Crippen molar-refractivity contribution in [3.8, 4) is 0 Å². The van der Waals surface area contributed by atoms with Gasteiger partial charge >= 0.3 is 0 Å². The second kappa shape index (κ2) is 5.03. The lowest BCUT2D eigenvalue weighted by Crippen LogP contribution is -2.26. The standard InChI is InChI=1S/C10H10Cl2N2O3S/c11-8-1-2-9(13-4-8)14-5-7(3-10(14)15)6-18(12,16)17/h1-2,4,7H,3,5-6H2. The van der Waals surface area contributed by atoms with Gasteiger partial charge < -0.3 is 0 Å². The van der Waals surface area contributed by atoms with E-state index < -0.39 is 9.05 Å². The number of halogens is 2. The van der Waals surface area contributed by atoms with Gasteiger partial charge in [0, 0.05) is 35.8 Å². The van der Waals surface area contributed by atoms with Gasteiger partial charge in [-0.15, -0.1) is 0 Å². The Morgan fingerprint density at radius 2 is 2.17 bits per heavy atom. The zero-order chi connectivity index (χ0) is 13.3. The molecular weight excluding hydrogens is 299 g/mol. The molecule has 1 atom stereocenters. The quantitative estimate of drug-likeness (QED) is 0.796. The molecule has 8 heteroatoms. The fraction of sp³-hybridized carbons (Fsp3) is 0.400. The van der Waals surface area contributed by atoms with E-state index in [9.17, 15) is 13.2 Å². The molecule has 0 aromatic carbocycles. The van der Waals surface area contributed by atoms with E-state index in [-0.39, 0.29) is 24.0 Å². The Morgan fingerprint density at radius 3 is 2.72 bits per heavy atom. The summed E-state index contributed by atoms with van der Waals surface area (Å²) in [6, 6.07) is 3.25. The molecule has 98 valence electrons. The van der Waals surface area contributed by atoms with Gasteiger partial charge in [0.2, 0.25) is 15.0 Å². The van der Waals surface area contributed by atoms with Crippen molar-refractivity contribution in [2.24, 2.45) is 5.92 Å². The molecule has 1 aromatic heterocycles. The average Bonchev–Trinajstić information content (AvgIpc) is 2.58. The minimum absolute atomic E-state index is 0.157. The van der Waals surface area contributed by atoms with Crippen molar-refractivity contribution < 1.29 is 13.2 Å². The highest BCUT2D eigenvalue weighted by molar-refractivity contribution is 8.13. The molecule has 1 fully saturated rings. The van der Waals surface area contributed by atoms with Crippen molar-refractivity contribution in [1.82, 2.24) is 4.98 Å². The third kappa shape index (κ3) is 3.34. The Hall–Kier alpha value is -0.850. The lowest BCUT2D eigenvalue weighted by Gasteiger charge is -2.15. The number of nitrogens with zero attached hydrogens (tertiary/aromatic N) is 2. The molecule has 5 nitrogen and oxygen atoms in total. The topological polar surface area (TPSA) is 67.3 Å². The third-order valence-corrected chi connectivity index (χ3v) is 4.10. The number of aromatic nitrogens is 1. The zero-order valence-corrected chi connectivity index (χ0v) is 11.5. The molecule has 1 amide bonds. The van der Waals surface area contributed by atoms with Gasteiger partial charge in [-0.1, -0.05) is 11.6 Å². The van der Waals surface area contributed by atoms with E-state index in [4.69, 9.17) is 22.3 Å². The van der Waals surface area contributed by atoms with Crippen LogP contribution in [0, 0.1) is 5.92 Å². The van der Waals surface area contributed by atoms with Gasteiger partial charge in [-0.3, -0.25) is 9.69 Å². The van der Waals surface area contributed by atoms with Gasteiger partial charge in [-0.25, -0.2) is 13.4 Å². The number of rotatable bonds is 3. The lowest BCUT2D eigenvalue weighted by molar-refractivity contribution is -0.117. The summed E-state index contributed by atoms with van der Waals surface area (Å²) >= 11 is 5.71. The third-order valence-electron chi connectivity index (χ3n) is 2.63.